The van der Waals surface area contributed by atoms with Crippen LogP contribution in [0.2, 0.25) is 0 Å². The molecule has 1 aliphatic heterocycles. The van der Waals surface area contributed by atoms with Gasteiger partial charge in [0.1, 0.15) is 5.69 Å². The van der Waals surface area contributed by atoms with E-state index in [0.717, 1.165) is 30.9 Å². The molecule has 3 heterocycles. The van der Waals surface area contributed by atoms with Gasteiger partial charge in [-0.15, -0.1) is 11.3 Å². The number of hydrogen-bond acceptors (Lipinski definition) is 6. The summed E-state index contributed by atoms with van der Waals surface area (Å²) in [6, 6.07) is 0. The van der Waals surface area contributed by atoms with Gasteiger partial charge in [0.2, 0.25) is 5.82 Å². The maximum Gasteiger partial charge on any atom is 0.334 e. The molecule has 0 spiro atoms. The van der Waals surface area contributed by atoms with Crippen LogP contribution in [0.4, 0.5) is 11.5 Å². The number of thiazole rings is 1. The van der Waals surface area contributed by atoms with Crippen LogP contribution in [0.1, 0.15) is 36.4 Å². The molecule has 2 aromatic rings. The zero-order valence-corrected chi connectivity index (χ0v) is 13.5. The topological polar surface area (TPSA) is 77.1 Å². The Labute approximate surface area is 132 Å². The predicted molar refractivity (Wildman–Crippen MR) is 85.5 cm³/mol. The third-order valence-corrected chi connectivity index (χ3v) is 5.04. The van der Waals surface area contributed by atoms with E-state index in [1.165, 1.54) is 0 Å². The molecule has 118 valence electrons. The maximum absolute atomic E-state index is 11.5. The lowest BCUT2D eigenvalue weighted by molar-refractivity contribution is -0.384. The third kappa shape index (κ3) is 2.58. The fourth-order valence-corrected chi connectivity index (χ4v) is 3.91. The van der Waals surface area contributed by atoms with Gasteiger partial charge in [0, 0.05) is 37.6 Å². The Bertz CT molecular complexity index is 667. The molecule has 7 nitrogen and oxygen atoms in total. The van der Waals surface area contributed by atoms with Gasteiger partial charge in [-0.1, -0.05) is 6.92 Å². The van der Waals surface area contributed by atoms with E-state index in [2.05, 4.69) is 15.0 Å². The molecule has 0 unspecified atom stereocenters. The number of nitrogens with zero attached hydrogens (tertiary/aromatic N) is 5. The van der Waals surface area contributed by atoms with Crippen molar-refractivity contribution in [2.45, 2.75) is 32.1 Å². The molecule has 1 fully saturated rings. The van der Waals surface area contributed by atoms with Crippen molar-refractivity contribution in [2.24, 2.45) is 7.05 Å². The van der Waals surface area contributed by atoms with Crippen LogP contribution >= 0.6 is 11.3 Å². The van der Waals surface area contributed by atoms with E-state index in [9.17, 15) is 10.1 Å². The van der Waals surface area contributed by atoms with Crippen molar-refractivity contribution in [2.75, 3.05) is 18.0 Å². The van der Waals surface area contributed by atoms with E-state index < -0.39 is 0 Å². The highest BCUT2D eigenvalue weighted by Crippen LogP contribution is 2.36. The molecular formula is C14H19N5O2S. The highest BCUT2D eigenvalue weighted by molar-refractivity contribution is 7.09. The molecule has 0 amide bonds. The molecule has 3 rings (SSSR count). The Balaban J connectivity index is 1.93. The smallest absolute Gasteiger partial charge is 0.334 e. The van der Waals surface area contributed by atoms with Crippen molar-refractivity contribution in [3.8, 4) is 0 Å². The highest BCUT2D eigenvalue weighted by atomic mass is 32.1. The first-order valence-corrected chi connectivity index (χ1v) is 8.34. The number of aromatic nitrogens is 3. The second kappa shape index (κ2) is 6.04. The summed E-state index contributed by atoms with van der Waals surface area (Å²) in [7, 11) is 1.79. The molecule has 0 radical (unpaired) electrons. The average molecular weight is 321 g/mol. The minimum absolute atomic E-state index is 0.157. The van der Waals surface area contributed by atoms with Crippen molar-refractivity contribution < 1.29 is 4.92 Å². The van der Waals surface area contributed by atoms with Crippen molar-refractivity contribution in [3.05, 3.63) is 32.4 Å². The molecule has 0 aromatic carbocycles. The van der Waals surface area contributed by atoms with Crippen LogP contribution in [0.3, 0.4) is 0 Å². The largest absolute Gasteiger partial charge is 0.350 e. The summed E-state index contributed by atoms with van der Waals surface area (Å²) in [5.41, 5.74) is 0.712. The normalized spacial score (nSPS) is 18.6. The fraction of sp³-hybridized carbons (Fsp3) is 0.571. The van der Waals surface area contributed by atoms with Gasteiger partial charge in [-0.05, 0) is 19.3 Å². The molecule has 22 heavy (non-hydrogen) atoms. The van der Waals surface area contributed by atoms with E-state index >= 15 is 0 Å². The molecule has 0 N–H and O–H groups in total. The minimum Gasteiger partial charge on any atom is -0.350 e. The first-order chi connectivity index (χ1) is 10.6. The van der Waals surface area contributed by atoms with E-state index in [0.29, 0.717) is 23.9 Å². The Kier molecular flexibility index (Phi) is 4.10. The molecule has 1 aliphatic rings. The summed E-state index contributed by atoms with van der Waals surface area (Å²) in [5.74, 6) is 0.969. The Hall–Kier alpha value is -1.96. The third-order valence-electron chi connectivity index (χ3n) is 4.10. The zero-order valence-electron chi connectivity index (χ0n) is 12.7. The number of anilines is 1. The van der Waals surface area contributed by atoms with Gasteiger partial charge in [-0.2, -0.15) is 5.10 Å². The molecule has 0 bridgehead atoms. The van der Waals surface area contributed by atoms with Crippen LogP contribution in [-0.4, -0.2) is 32.8 Å². The lowest BCUT2D eigenvalue weighted by atomic mass is 9.98. The number of nitro groups is 1. The van der Waals surface area contributed by atoms with Gasteiger partial charge in [-0.3, -0.25) is 10.1 Å². The lowest BCUT2D eigenvalue weighted by Crippen LogP contribution is -2.36. The van der Waals surface area contributed by atoms with Gasteiger partial charge in [0.15, 0.2) is 0 Å². The van der Waals surface area contributed by atoms with E-state index in [4.69, 9.17) is 0 Å². The summed E-state index contributed by atoms with van der Waals surface area (Å²) >= 11 is 1.66. The van der Waals surface area contributed by atoms with Crippen LogP contribution < -0.4 is 4.90 Å². The molecule has 8 heteroatoms. The van der Waals surface area contributed by atoms with Crippen LogP contribution in [-0.2, 0) is 13.5 Å². The van der Waals surface area contributed by atoms with Crippen molar-refractivity contribution in [3.63, 3.8) is 0 Å². The summed E-state index contributed by atoms with van der Waals surface area (Å²) < 4.78 is 1.65. The van der Waals surface area contributed by atoms with Crippen LogP contribution in [0.25, 0.3) is 0 Å². The first kappa shape index (κ1) is 15.0. The van der Waals surface area contributed by atoms with Gasteiger partial charge in [0.25, 0.3) is 0 Å². The Morgan fingerprint density at radius 3 is 3.00 bits per heavy atom. The lowest BCUT2D eigenvalue weighted by Gasteiger charge is -2.32. The highest BCUT2D eigenvalue weighted by Gasteiger charge is 2.33. The van der Waals surface area contributed by atoms with Crippen molar-refractivity contribution in [1.82, 2.24) is 14.8 Å². The molecule has 2 aromatic heterocycles. The zero-order chi connectivity index (χ0) is 15.7. The number of piperidine rings is 1. The molecule has 1 saturated heterocycles. The summed E-state index contributed by atoms with van der Waals surface area (Å²) in [5, 5.41) is 18.9. The average Bonchev–Trinajstić information content (AvgIpc) is 3.14. The van der Waals surface area contributed by atoms with E-state index in [-0.39, 0.29) is 10.6 Å². The number of aryl methyl sites for hydroxylation is 2. The Morgan fingerprint density at radius 1 is 1.55 bits per heavy atom. The summed E-state index contributed by atoms with van der Waals surface area (Å²) in [6.45, 7) is 3.48. The van der Waals surface area contributed by atoms with Gasteiger partial charge >= 0.3 is 5.69 Å². The van der Waals surface area contributed by atoms with E-state index in [1.807, 2.05) is 18.5 Å². The first-order valence-electron chi connectivity index (χ1n) is 7.46. The van der Waals surface area contributed by atoms with Crippen molar-refractivity contribution in [1.29, 1.82) is 0 Å². The fourth-order valence-electron chi connectivity index (χ4n) is 3.14. The van der Waals surface area contributed by atoms with Gasteiger partial charge < -0.3 is 4.90 Å². The second-order valence-electron chi connectivity index (χ2n) is 5.51. The SMILES string of the molecule is CCc1nn(C)c(N2CCC[C@@H](c3nccs3)C2)c1[N+](=O)[O-]. The number of rotatable bonds is 4. The quantitative estimate of drug-likeness (QED) is 0.639. The standard InChI is InChI=1S/C14H19N5O2S/c1-3-11-12(19(20)21)14(17(2)16-11)18-7-4-5-10(9-18)13-15-6-8-22-13/h6,8,10H,3-5,7,9H2,1-2H3/t10-/m1/s1. The van der Waals surface area contributed by atoms with E-state index in [1.54, 1.807) is 23.1 Å². The van der Waals surface area contributed by atoms with Crippen LogP contribution in [0, 0.1) is 10.1 Å². The molecule has 0 aliphatic carbocycles. The van der Waals surface area contributed by atoms with Crippen molar-refractivity contribution >= 4 is 22.8 Å². The predicted octanol–water partition coefficient (Wildman–Crippen LogP) is 2.73. The maximum atomic E-state index is 11.5. The molecular weight excluding hydrogens is 302 g/mol. The van der Waals surface area contributed by atoms with Gasteiger partial charge in [-0.25, -0.2) is 9.67 Å². The molecule has 1 atom stereocenters. The Morgan fingerprint density at radius 2 is 2.36 bits per heavy atom. The monoisotopic (exact) mass is 321 g/mol. The van der Waals surface area contributed by atoms with Gasteiger partial charge in [0.05, 0.1) is 9.93 Å². The second-order valence-corrected chi connectivity index (χ2v) is 6.43. The number of hydrogen-bond donors (Lipinski definition) is 0. The summed E-state index contributed by atoms with van der Waals surface area (Å²) in [4.78, 5) is 17.7. The van der Waals surface area contributed by atoms with Crippen LogP contribution in [0.15, 0.2) is 11.6 Å². The molecule has 0 saturated carbocycles. The summed E-state index contributed by atoms with van der Waals surface area (Å²) in [6.07, 6.45) is 4.47. The van der Waals surface area contributed by atoms with Crippen LogP contribution in [0.5, 0.6) is 0 Å². The minimum atomic E-state index is -0.297.